The molecule has 0 saturated carbocycles. The largest absolute Gasteiger partial charge is 0.381 e. The van der Waals surface area contributed by atoms with Gasteiger partial charge in [0.2, 0.25) is 0 Å². The summed E-state index contributed by atoms with van der Waals surface area (Å²) in [6.07, 6.45) is 3.01. The third-order valence-corrected chi connectivity index (χ3v) is 4.13. The van der Waals surface area contributed by atoms with Gasteiger partial charge in [-0.25, -0.2) is 4.39 Å². The Labute approximate surface area is 119 Å². The molecule has 1 fully saturated rings. The Kier molecular flexibility index (Phi) is 5.61. The minimum Gasteiger partial charge on any atom is -0.381 e. The summed E-state index contributed by atoms with van der Waals surface area (Å²) >= 11 is 6.04. The van der Waals surface area contributed by atoms with Crippen LogP contribution >= 0.6 is 11.6 Å². The molecule has 19 heavy (non-hydrogen) atoms. The molecule has 0 spiro atoms. The van der Waals surface area contributed by atoms with E-state index in [1.54, 1.807) is 6.07 Å². The molecule has 106 valence electrons. The van der Waals surface area contributed by atoms with Gasteiger partial charge in [-0.15, -0.1) is 0 Å². The molecule has 1 aliphatic heterocycles. The molecular weight excluding hydrogens is 265 g/mol. The lowest BCUT2D eigenvalue weighted by atomic mass is 9.89. The van der Waals surface area contributed by atoms with Crippen molar-refractivity contribution in [1.29, 1.82) is 0 Å². The van der Waals surface area contributed by atoms with Gasteiger partial charge in [0.25, 0.3) is 0 Å². The maximum absolute atomic E-state index is 13.5. The van der Waals surface area contributed by atoms with E-state index in [1.165, 1.54) is 6.07 Å². The number of ether oxygens (including phenoxy) is 1. The van der Waals surface area contributed by atoms with Gasteiger partial charge in [-0.1, -0.05) is 30.7 Å². The van der Waals surface area contributed by atoms with Gasteiger partial charge in [0.05, 0.1) is 11.6 Å². The molecule has 2 nitrogen and oxygen atoms in total. The maximum atomic E-state index is 13.5. The molecule has 2 unspecified atom stereocenters. The second-order valence-corrected chi connectivity index (χ2v) is 5.44. The summed E-state index contributed by atoms with van der Waals surface area (Å²) in [5.41, 5.74) is 0.873. The van der Waals surface area contributed by atoms with Crippen molar-refractivity contribution < 1.29 is 9.13 Å². The first-order valence-corrected chi connectivity index (χ1v) is 7.34. The number of halogens is 2. The lowest BCUT2D eigenvalue weighted by molar-refractivity contribution is 0.0396. The summed E-state index contributed by atoms with van der Waals surface area (Å²) in [4.78, 5) is 0. The van der Waals surface area contributed by atoms with Gasteiger partial charge >= 0.3 is 0 Å². The fraction of sp³-hybridized carbons (Fsp3) is 0.600. The Morgan fingerprint density at radius 3 is 3.05 bits per heavy atom. The smallest absolute Gasteiger partial charge is 0.142 e. The predicted molar refractivity (Wildman–Crippen MR) is 76.1 cm³/mol. The van der Waals surface area contributed by atoms with Crippen LogP contribution in [0, 0.1) is 11.7 Å². The summed E-state index contributed by atoms with van der Waals surface area (Å²) < 4.78 is 19.0. The van der Waals surface area contributed by atoms with Crippen molar-refractivity contribution in [3.8, 4) is 0 Å². The van der Waals surface area contributed by atoms with Gasteiger partial charge in [0, 0.05) is 12.6 Å². The van der Waals surface area contributed by atoms with Crippen LogP contribution in [0.3, 0.4) is 0 Å². The zero-order valence-electron chi connectivity index (χ0n) is 11.3. The summed E-state index contributed by atoms with van der Waals surface area (Å²) in [5.74, 6) is 0.141. The highest BCUT2D eigenvalue weighted by Crippen LogP contribution is 2.25. The number of benzene rings is 1. The van der Waals surface area contributed by atoms with Crippen LogP contribution in [0.15, 0.2) is 18.2 Å². The Morgan fingerprint density at radius 1 is 1.53 bits per heavy atom. The van der Waals surface area contributed by atoms with Crippen molar-refractivity contribution in [3.63, 3.8) is 0 Å². The quantitative estimate of drug-likeness (QED) is 0.895. The van der Waals surface area contributed by atoms with E-state index >= 15 is 0 Å². The van der Waals surface area contributed by atoms with Gasteiger partial charge in [0.1, 0.15) is 5.82 Å². The lowest BCUT2D eigenvalue weighted by Crippen LogP contribution is -2.41. The van der Waals surface area contributed by atoms with E-state index in [4.69, 9.17) is 16.3 Å². The first-order valence-electron chi connectivity index (χ1n) is 6.96. The van der Waals surface area contributed by atoms with Crippen LogP contribution < -0.4 is 5.32 Å². The molecule has 1 aromatic carbocycles. The summed E-state index contributed by atoms with van der Waals surface area (Å²) in [7, 11) is 0. The highest BCUT2D eigenvalue weighted by Gasteiger charge is 2.24. The zero-order valence-corrected chi connectivity index (χ0v) is 12.0. The molecular formula is C15H21ClFNO. The molecule has 1 aliphatic rings. The Morgan fingerprint density at radius 2 is 2.37 bits per heavy atom. The van der Waals surface area contributed by atoms with Crippen LogP contribution in [-0.2, 0) is 11.2 Å². The van der Waals surface area contributed by atoms with E-state index in [1.807, 2.05) is 6.07 Å². The van der Waals surface area contributed by atoms with Crippen LogP contribution in [0.5, 0.6) is 0 Å². The van der Waals surface area contributed by atoms with E-state index in [9.17, 15) is 4.39 Å². The number of hydrogen-bond acceptors (Lipinski definition) is 2. The molecule has 1 N–H and O–H groups in total. The predicted octanol–water partition coefficient (Wildman–Crippen LogP) is 3.43. The average Bonchev–Trinajstić information content (AvgIpc) is 2.44. The minimum absolute atomic E-state index is 0.252. The standard InChI is InChI=1S/C15H21ClFNO/c1-2-18-14(12-6-4-8-19-10-12)9-11-5-3-7-13(17)15(11)16/h3,5,7,12,14,18H,2,4,6,8-10H2,1H3. The first-order chi connectivity index (χ1) is 9.22. The molecule has 0 aromatic heterocycles. The van der Waals surface area contributed by atoms with E-state index < -0.39 is 0 Å². The molecule has 1 saturated heterocycles. The second-order valence-electron chi connectivity index (χ2n) is 5.06. The topological polar surface area (TPSA) is 21.3 Å². The molecule has 1 heterocycles. The molecule has 2 rings (SSSR count). The molecule has 4 heteroatoms. The van der Waals surface area contributed by atoms with Crippen molar-refractivity contribution in [1.82, 2.24) is 5.32 Å². The number of rotatable bonds is 5. The molecule has 1 aromatic rings. The molecule has 0 radical (unpaired) electrons. The van der Waals surface area contributed by atoms with Crippen LogP contribution in [0.4, 0.5) is 4.39 Å². The first kappa shape index (κ1) is 14.8. The number of likely N-dealkylation sites (N-methyl/N-ethyl adjacent to an activating group) is 1. The van der Waals surface area contributed by atoms with Crippen molar-refractivity contribution in [2.45, 2.75) is 32.2 Å². The summed E-state index contributed by atoms with van der Waals surface area (Å²) in [5, 5.41) is 3.74. The van der Waals surface area contributed by atoms with Crippen LogP contribution in [-0.4, -0.2) is 25.8 Å². The Hall–Kier alpha value is -0.640. The maximum Gasteiger partial charge on any atom is 0.142 e. The molecule has 0 bridgehead atoms. The van der Waals surface area contributed by atoms with Gasteiger partial charge in [-0.05, 0) is 43.4 Å². The lowest BCUT2D eigenvalue weighted by Gasteiger charge is -2.31. The van der Waals surface area contributed by atoms with Crippen LogP contribution in [0.25, 0.3) is 0 Å². The number of hydrogen-bond donors (Lipinski definition) is 1. The van der Waals surface area contributed by atoms with Crippen molar-refractivity contribution in [3.05, 3.63) is 34.6 Å². The van der Waals surface area contributed by atoms with Crippen molar-refractivity contribution in [2.24, 2.45) is 5.92 Å². The van der Waals surface area contributed by atoms with Gasteiger partial charge in [-0.3, -0.25) is 0 Å². The average molecular weight is 286 g/mol. The summed E-state index contributed by atoms with van der Waals surface area (Å²) in [6.45, 7) is 4.62. The molecule has 2 atom stereocenters. The Bertz CT molecular complexity index is 407. The third kappa shape index (κ3) is 3.91. The van der Waals surface area contributed by atoms with Gasteiger partial charge in [0.15, 0.2) is 0 Å². The SMILES string of the molecule is CCNC(Cc1cccc(F)c1Cl)C1CCCOC1. The van der Waals surface area contributed by atoms with E-state index in [0.717, 1.165) is 44.6 Å². The highest BCUT2D eigenvalue weighted by atomic mass is 35.5. The third-order valence-electron chi connectivity index (χ3n) is 3.70. The fourth-order valence-electron chi connectivity index (χ4n) is 2.69. The second kappa shape index (κ2) is 7.22. The summed E-state index contributed by atoms with van der Waals surface area (Å²) in [6, 6.07) is 5.32. The highest BCUT2D eigenvalue weighted by molar-refractivity contribution is 6.31. The molecule has 0 aliphatic carbocycles. The van der Waals surface area contributed by atoms with Crippen LogP contribution in [0.1, 0.15) is 25.3 Å². The monoisotopic (exact) mass is 285 g/mol. The van der Waals surface area contributed by atoms with E-state index in [0.29, 0.717) is 12.0 Å². The van der Waals surface area contributed by atoms with Crippen molar-refractivity contribution >= 4 is 11.6 Å². The minimum atomic E-state index is -0.339. The van der Waals surface area contributed by atoms with E-state index in [-0.39, 0.29) is 10.8 Å². The normalized spacial score (nSPS) is 21.3. The zero-order chi connectivity index (χ0) is 13.7. The van der Waals surface area contributed by atoms with Gasteiger partial charge in [-0.2, -0.15) is 0 Å². The molecule has 0 amide bonds. The van der Waals surface area contributed by atoms with Crippen LogP contribution in [0.2, 0.25) is 5.02 Å². The van der Waals surface area contributed by atoms with E-state index in [2.05, 4.69) is 12.2 Å². The Balaban J connectivity index is 2.08. The van der Waals surface area contributed by atoms with Gasteiger partial charge < -0.3 is 10.1 Å². The van der Waals surface area contributed by atoms with Crippen molar-refractivity contribution in [2.75, 3.05) is 19.8 Å². The number of nitrogens with one attached hydrogen (secondary N) is 1. The fourth-order valence-corrected chi connectivity index (χ4v) is 2.90.